The predicted molar refractivity (Wildman–Crippen MR) is 104 cm³/mol. The third-order valence-corrected chi connectivity index (χ3v) is 4.83. The van der Waals surface area contributed by atoms with E-state index in [1.165, 1.54) is 30.3 Å². The van der Waals surface area contributed by atoms with Gasteiger partial charge in [0.2, 0.25) is 5.95 Å². The number of anilines is 1. The summed E-state index contributed by atoms with van der Waals surface area (Å²) in [5.41, 5.74) is 1.79. The van der Waals surface area contributed by atoms with Crippen molar-refractivity contribution in [3.63, 3.8) is 0 Å². The first kappa shape index (κ1) is 18.0. The molecule has 7 heteroatoms. The van der Waals surface area contributed by atoms with Gasteiger partial charge in [0.15, 0.2) is 5.78 Å². The van der Waals surface area contributed by atoms with Crippen molar-refractivity contribution in [3.05, 3.63) is 76.6 Å². The number of fused-ring (bicyclic) bond motifs is 1. The number of pyridine rings is 1. The fourth-order valence-corrected chi connectivity index (χ4v) is 3.36. The summed E-state index contributed by atoms with van der Waals surface area (Å²) in [5, 5.41) is 0. The molecule has 6 nitrogen and oxygen atoms in total. The van der Waals surface area contributed by atoms with Crippen molar-refractivity contribution < 1.29 is 9.18 Å². The van der Waals surface area contributed by atoms with Crippen LogP contribution >= 0.6 is 0 Å². The van der Waals surface area contributed by atoms with Gasteiger partial charge in [0, 0.05) is 55.6 Å². The molecule has 3 heterocycles. The number of hydrogen-bond acceptors (Lipinski definition) is 5. The molecule has 1 aliphatic heterocycles. The van der Waals surface area contributed by atoms with Gasteiger partial charge in [-0.1, -0.05) is 0 Å². The molecule has 0 aliphatic carbocycles. The molecule has 1 aromatic carbocycles. The van der Waals surface area contributed by atoms with E-state index >= 15 is 0 Å². The second kappa shape index (κ2) is 7.72. The average Bonchev–Trinajstić information content (AvgIpc) is 2.73. The molecule has 0 fully saturated rings. The second-order valence-electron chi connectivity index (χ2n) is 6.69. The minimum atomic E-state index is -0.367. The summed E-state index contributed by atoms with van der Waals surface area (Å²) in [7, 11) is 0. The van der Waals surface area contributed by atoms with Crippen LogP contribution in [0.3, 0.4) is 0 Å². The largest absolute Gasteiger partial charge is 0.342 e. The minimum Gasteiger partial charge on any atom is -0.342 e. The summed E-state index contributed by atoms with van der Waals surface area (Å²) in [4.78, 5) is 35.6. The van der Waals surface area contributed by atoms with Gasteiger partial charge in [-0.2, -0.15) is 0 Å². The molecule has 0 amide bonds. The maximum Gasteiger partial charge on any atom is 0.255 e. The van der Waals surface area contributed by atoms with Gasteiger partial charge in [-0.05, 0) is 42.8 Å². The Hall–Kier alpha value is -3.35. The summed E-state index contributed by atoms with van der Waals surface area (Å²) in [6, 6.07) is 10.7. The van der Waals surface area contributed by atoms with E-state index < -0.39 is 0 Å². The maximum atomic E-state index is 13.0. The lowest BCUT2D eigenvalue weighted by Gasteiger charge is -2.30. The first-order chi connectivity index (χ1) is 13.6. The van der Waals surface area contributed by atoms with E-state index in [1.54, 1.807) is 17.0 Å². The number of benzene rings is 1. The molecule has 0 N–H and O–H groups in total. The van der Waals surface area contributed by atoms with Crippen LogP contribution in [-0.4, -0.2) is 33.4 Å². The molecule has 3 aromatic rings. The summed E-state index contributed by atoms with van der Waals surface area (Å²) in [5.74, 6) is 0.149. The Kier molecular flexibility index (Phi) is 4.97. The normalized spacial score (nSPS) is 13.2. The lowest BCUT2D eigenvalue weighted by molar-refractivity contribution is 0.0984. The van der Waals surface area contributed by atoms with Crippen molar-refractivity contribution in [1.82, 2.24) is 14.5 Å². The SMILES string of the molecule is O=C(CCN1CCCn2c1nc(-c1ccncc1)cc2=O)c1ccc(F)cc1. The minimum absolute atomic E-state index is 0.0650. The van der Waals surface area contributed by atoms with Crippen LogP contribution in [0.5, 0.6) is 0 Å². The van der Waals surface area contributed by atoms with Crippen molar-refractivity contribution in [2.45, 2.75) is 19.4 Å². The number of nitrogens with zero attached hydrogens (tertiary/aromatic N) is 4. The zero-order valence-electron chi connectivity index (χ0n) is 15.2. The molecular formula is C21H19FN4O2. The van der Waals surface area contributed by atoms with Crippen LogP contribution in [-0.2, 0) is 6.54 Å². The molecule has 0 spiro atoms. The van der Waals surface area contributed by atoms with E-state index in [2.05, 4.69) is 9.97 Å². The highest BCUT2D eigenvalue weighted by molar-refractivity contribution is 5.96. The molecule has 28 heavy (non-hydrogen) atoms. The van der Waals surface area contributed by atoms with Gasteiger partial charge in [-0.3, -0.25) is 19.1 Å². The number of carbonyl (C=O) groups is 1. The average molecular weight is 378 g/mol. The number of hydrogen-bond donors (Lipinski definition) is 0. The topological polar surface area (TPSA) is 68.1 Å². The molecule has 0 saturated heterocycles. The highest BCUT2D eigenvalue weighted by Gasteiger charge is 2.21. The summed E-state index contributed by atoms with van der Waals surface area (Å²) >= 11 is 0. The molecule has 142 valence electrons. The molecule has 0 saturated carbocycles. The van der Waals surface area contributed by atoms with E-state index in [0.29, 0.717) is 30.3 Å². The lowest BCUT2D eigenvalue weighted by atomic mass is 10.1. The maximum absolute atomic E-state index is 13.0. The van der Waals surface area contributed by atoms with Gasteiger partial charge in [0.25, 0.3) is 5.56 Å². The van der Waals surface area contributed by atoms with E-state index in [4.69, 9.17) is 0 Å². The third-order valence-electron chi connectivity index (χ3n) is 4.83. The molecule has 0 radical (unpaired) electrons. The van der Waals surface area contributed by atoms with Crippen LogP contribution in [0.4, 0.5) is 10.3 Å². The van der Waals surface area contributed by atoms with Crippen molar-refractivity contribution >= 4 is 11.7 Å². The fraction of sp³-hybridized carbons (Fsp3) is 0.238. The van der Waals surface area contributed by atoms with Gasteiger partial charge < -0.3 is 4.90 Å². The van der Waals surface area contributed by atoms with Crippen molar-refractivity contribution in [3.8, 4) is 11.3 Å². The Morgan fingerprint density at radius 3 is 2.57 bits per heavy atom. The molecule has 1 aliphatic rings. The van der Waals surface area contributed by atoms with Crippen LogP contribution < -0.4 is 10.5 Å². The Labute approximate surface area is 161 Å². The smallest absolute Gasteiger partial charge is 0.255 e. The van der Waals surface area contributed by atoms with E-state index in [0.717, 1.165) is 18.5 Å². The lowest BCUT2D eigenvalue weighted by Crippen LogP contribution is -2.39. The van der Waals surface area contributed by atoms with Crippen LogP contribution in [0.2, 0.25) is 0 Å². The van der Waals surface area contributed by atoms with Crippen LogP contribution in [0.15, 0.2) is 59.7 Å². The monoisotopic (exact) mass is 378 g/mol. The van der Waals surface area contributed by atoms with Gasteiger partial charge in [-0.25, -0.2) is 9.37 Å². The van der Waals surface area contributed by atoms with E-state index in [1.807, 2.05) is 17.0 Å². The first-order valence-corrected chi connectivity index (χ1v) is 9.18. The number of ketones is 1. The van der Waals surface area contributed by atoms with E-state index in [-0.39, 0.29) is 23.6 Å². The number of aromatic nitrogens is 3. The van der Waals surface area contributed by atoms with Gasteiger partial charge in [-0.15, -0.1) is 0 Å². The molecule has 2 aromatic heterocycles. The van der Waals surface area contributed by atoms with Crippen LogP contribution in [0.25, 0.3) is 11.3 Å². The summed E-state index contributed by atoms with van der Waals surface area (Å²) in [6.45, 7) is 1.78. The van der Waals surface area contributed by atoms with Crippen LogP contribution in [0, 0.1) is 5.82 Å². The highest BCUT2D eigenvalue weighted by atomic mass is 19.1. The van der Waals surface area contributed by atoms with Gasteiger partial charge >= 0.3 is 0 Å². The number of Topliss-reactive ketones (excluding diaryl/α,β-unsaturated/α-hetero) is 1. The first-order valence-electron chi connectivity index (χ1n) is 9.18. The zero-order valence-corrected chi connectivity index (χ0v) is 15.2. The van der Waals surface area contributed by atoms with Gasteiger partial charge in [0.1, 0.15) is 5.82 Å². The molecule has 0 bridgehead atoms. The fourth-order valence-electron chi connectivity index (χ4n) is 3.36. The number of rotatable bonds is 5. The van der Waals surface area contributed by atoms with Crippen molar-refractivity contribution in [2.75, 3.05) is 18.0 Å². The Morgan fingerprint density at radius 2 is 1.82 bits per heavy atom. The zero-order chi connectivity index (χ0) is 19.5. The van der Waals surface area contributed by atoms with Crippen molar-refractivity contribution in [2.24, 2.45) is 0 Å². The number of halogens is 1. The molecule has 0 unspecified atom stereocenters. The Balaban J connectivity index is 1.57. The molecule has 4 rings (SSSR count). The molecular weight excluding hydrogens is 359 g/mol. The van der Waals surface area contributed by atoms with Crippen molar-refractivity contribution in [1.29, 1.82) is 0 Å². The highest BCUT2D eigenvalue weighted by Crippen LogP contribution is 2.22. The predicted octanol–water partition coefficient (Wildman–Crippen LogP) is 2.93. The quantitative estimate of drug-likeness (QED) is 0.639. The Bertz CT molecular complexity index is 1050. The second-order valence-corrected chi connectivity index (χ2v) is 6.69. The third kappa shape index (κ3) is 3.69. The standard InChI is InChI=1S/C21H19FN4O2/c22-17-4-2-16(3-5-17)19(27)8-13-25-11-1-12-26-20(28)14-18(24-21(25)26)15-6-9-23-10-7-15/h2-7,9-10,14H,1,8,11-13H2. The van der Waals surface area contributed by atoms with Gasteiger partial charge in [0.05, 0.1) is 5.69 Å². The summed E-state index contributed by atoms with van der Waals surface area (Å²) in [6.07, 6.45) is 4.40. The molecule has 0 atom stereocenters. The number of carbonyl (C=O) groups excluding carboxylic acids is 1. The Morgan fingerprint density at radius 1 is 1.07 bits per heavy atom. The summed E-state index contributed by atoms with van der Waals surface area (Å²) < 4.78 is 14.7. The van der Waals surface area contributed by atoms with Crippen LogP contribution in [0.1, 0.15) is 23.2 Å². The van der Waals surface area contributed by atoms with E-state index in [9.17, 15) is 14.0 Å².